The standard InChI is InChI=1S/C12H17ClFN3/c1-7-3-2-4-17(6-7)12-9(16)5-8(15)10(13)11(12)14/h5,7H,2-4,6,15-16H2,1H3. The van der Waals surface area contributed by atoms with E-state index in [2.05, 4.69) is 6.92 Å². The van der Waals surface area contributed by atoms with E-state index in [0.717, 1.165) is 19.5 Å². The van der Waals surface area contributed by atoms with Gasteiger partial charge in [-0.2, -0.15) is 0 Å². The van der Waals surface area contributed by atoms with E-state index in [1.807, 2.05) is 4.90 Å². The summed E-state index contributed by atoms with van der Waals surface area (Å²) >= 11 is 5.83. The number of anilines is 3. The van der Waals surface area contributed by atoms with E-state index >= 15 is 0 Å². The van der Waals surface area contributed by atoms with Crippen LogP contribution in [0.25, 0.3) is 0 Å². The van der Waals surface area contributed by atoms with Gasteiger partial charge in [0, 0.05) is 13.1 Å². The van der Waals surface area contributed by atoms with Crippen molar-refractivity contribution >= 4 is 28.7 Å². The van der Waals surface area contributed by atoms with Crippen molar-refractivity contribution in [1.29, 1.82) is 0 Å². The molecule has 1 atom stereocenters. The molecule has 1 aliphatic heterocycles. The molecule has 0 spiro atoms. The Kier molecular flexibility index (Phi) is 3.33. The lowest BCUT2D eigenvalue weighted by molar-refractivity contribution is 0.442. The topological polar surface area (TPSA) is 55.3 Å². The van der Waals surface area contributed by atoms with E-state index in [1.165, 1.54) is 12.5 Å². The van der Waals surface area contributed by atoms with Crippen LogP contribution in [0.2, 0.25) is 5.02 Å². The number of rotatable bonds is 1. The second kappa shape index (κ2) is 4.61. The van der Waals surface area contributed by atoms with Gasteiger partial charge < -0.3 is 16.4 Å². The van der Waals surface area contributed by atoms with Crippen molar-refractivity contribution in [3.05, 3.63) is 16.9 Å². The summed E-state index contributed by atoms with van der Waals surface area (Å²) in [5.74, 6) is 0.0390. The van der Waals surface area contributed by atoms with Crippen molar-refractivity contribution in [2.24, 2.45) is 5.92 Å². The summed E-state index contributed by atoms with van der Waals surface area (Å²) in [5, 5.41) is -0.0348. The quantitative estimate of drug-likeness (QED) is 0.761. The molecule has 94 valence electrons. The highest BCUT2D eigenvalue weighted by molar-refractivity contribution is 6.33. The summed E-state index contributed by atoms with van der Waals surface area (Å²) in [6.07, 6.45) is 2.21. The van der Waals surface area contributed by atoms with Crippen LogP contribution in [-0.4, -0.2) is 13.1 Å². The molecule has 1 fully saturated rings. The predicted molar refractivity (Wildman–Crippen MR) is 70.8 cm³/mol. The maximum Gasteiger partial charge on any atom is 0.169 e. The fourth-order valence-electron chi connectivity index (χ4n) is 2.37. The van der Waals surface area contributed by atoms with E-state index in [0.29, 0.717) is 17.3 Å². The molecule has 0 amide bonds. The van der Waals surface area contributed by atoms with Crippen LogP contribution in [0.1, 0.15) is 19.8 Å². The summed E-state index contributed by atoms with van der Waals surface area (Å²) in [4.78, 5) is 1.96. The van der Waals surface area contributed by atoms with Crippen molar-refractivity contribution in [3.8, 4) is 0 Å². The van der Waals surface area contributed by atoms with Gasteiger partial charge >= 0.3 is 0 Å². The maximum absolute atomic E-state index is 14.1. The first-order valence-corrected chi connectivity index (χ1v) is 6.16. The molecule has 4 N–H and O–H groups in total. The molecule has 0 saturated carbocycles. The Morgan fingerprint density at radius 1 is 1.41 bits per heavy atom. The molecule has 1 unspecified atom stereocenters. The Morgan fingerprint density at radius 3 is 2.76 bits per heavy atom. The molecule has 1 aromatic carbocycles. The maximum atomic E-state index is 14.1. The normalized spacial score (nSPS) is 20.6. The number of hydrogen-bond acceptors (Lipinski definition) is 3. The van der Waals surface area contributed by atoms with Gasteiger partial charge in [-0.3, -0.25) is 0 Å². The Hall–Kier alpha value is -1.16. The average Bonchev–Trinajstić information content (AvgIpc) is 2.26. The Bertz CT molecular complexity index is 436. The third kappa shape index (κ3) is 2.27. The zero-order valence-electron chi connectivity index (χ0n) is 9.84. The SMILES string of the molecule is CC1CCCN(c2c(N)cc(N)c(Cl)c2F)C1. The number of piperidine rings is 1. The van der Waals surface area contributed by atoms with Crippen LogP contribution in [0.5, 0.6) is 0 Å². The van der Waals surface area contributed by atoms with Crippen LogP contribution < -0.4 is 16.4 Å². The summed E-state index contributed by atoms with van der Waals surface area (Å²) in [6, 6.07) is 1.53. The van der Waals surface area contributed by atoms with Gasteiger partial charge in [0.15, 0.2) is 5.82 Å². The van der Waals surface area contributed by atoms with Gasteiger partial charge in [-0.25, -0.2) is 4.39 Å². The van der Waals surface area contributed by atoms with E-state index in [1.54, 1.807) is 0 Å². The third-order valence-corrected chi connectivity index (χ3v) is 3.60. The minimum absolute atomic E-state index is 0.0348. The summed E-state index contributed by atoms with van der Waals surface area (Å²) in [6.45, 7) is 3.77. The van der Waals surface area contributed by atoms with E-state index < -0.39 is 5.82 Å². The highest BCUT2D eigenvalue weighted by Gasteiger charge is 2.23. The van der Waals surface area contributed by atoms with Gasteiger partial charge in [0.25, 0.3) is 0 Å². The second-order valence-corrected chi connectivity index (χ2v) is 5.10. The number of nitrogens with two attached hydrogens (primary N) is 2. The molecule has 5 heteroatoms. The highest BCUT2D eigenvalue weighted by atomic mass is 35.5. The van der Waals surface area contributed by atoms with Crippen LogP contribution in [0.3, 0.4) is 0 Å². The first-order chi connectivity index (χ1) is 8.00. The largest absolute Gasteiger partial charge is 0.397 e. The number of halogens is 2. The Balaban J connectivity index is 2.41. The lowest BCUT2D eigenvalue weighted by Crippen LogP contribution is -2.35. The van der Waals surface area contributed by atoms with Crippen molar-refractivity contribution in [1.82, 2.24) is 0 Å². The van der Waals surface area contributed by atoms with Gasteiger partial charge in [0.2, 0.25) is 0 Å². The first-order valence-electron chi connectivity index (χ1n) is 5.78. The number of nitrogen functional groups attached to an aromatic ring is 2. The molecular formula is C12H17ClFN3. The predicted octanol–water partition coefficient (Wildman–Crippen LogP) is 2.88. The molecule has 3 nitrogen and oxygen atoms in total. The fraction of sp³-hybridized carbons (Fsp3) is 0.500. The van der Waals surface area contributed by atoms with Gasteiger partial charge in [-0.15, -0.1) is 0 Å². The third-order valence-electron chi connectivity index (χ3n) is 3.21. The Morgan fingerprint density at radius 2 is 2.12 bits per heavy atom. The van der Waals surface area contributed by atoms with Crippen LogP contribution in [-0.2, 0) is 0 Å². The van der Waals surface area contributed by atoms with Crippen LogP contribution in [0.4, 0.5) is 21.5 Å². The van der Waals surface area contributed by atoms with E-state index in [-0.39, 0.29) is 10.7 Å². The molecule has 0 aliphatic carbocycles. The lowest BCUT2D eigenvalue weighted by atomic mass is 9.99. The van der Waals surface area contributed by atoms with Gasteiger partial charge in [-0.05, 0) is 24.8 Å². The monoisotopic (exact) mass is 257 g/mol. The van der Waals surface area contributed by atoms with Crippen LogP contribution in [0.15, 0.2) is 6.07 Å². The zero-order chi connectivity index (χ0) is 12.6. The fourth-order valence-corrected chi connectivity index (χ4v) is 2.51. The summed E-state index contributed by atoms with van der Waals surface area (Å²) < 4.78 is 14.1. The molecule has 0 aromatic heterocycles. The number of hydrogen-bond donors (Lipinski definition) is 2. The molecular weight excluding hydrogens is 241 g/mol. The number of benzene rings is 1. The van der Waals surface area contributed by atoms with Crippen molar-refractivity contribution < 1.29 is 4.39 Å². The zero-order valence-corrected chi connectivity index (χ0v) is 10.6. The Labute approximate surface area is 106 Å². The van der Waals surface area contributed by atoms with Crippen molar-refractivity contribution in [2.75, 3.05) is 29.5 Å². The van der Waals surface area contributed by atoms with Crippen molar-refractivity contribution in [3.63, 3.8) is 0 Å². The molecule has 1 saturated heterocycles. The molecule has 1 aromatic rings. The van der Waals surface area contributed by atoms with Crippen molar-refractivity contribution in [2.45, 2.75) is 19.8 Å². The molecule has 17 heavy (non-hydrogen) atoms. The van der Waals surface area contributed by atoms with Gasteiger partial charge in [-0.1, -0.05) is 18.5 Å². The molecule has 1 aliphatic rings. The van der Waals surface area contributed by atoms with Gasteiger partial charge in [0.05, 0.1) is 17.1 Å². The smallest absolute Gasteiger partial charge is 0.169 e. The summed E-state index contributed by atoms with van der Waals surface area (Å²) in [5.41, 5.74) is 12.4. The molecule has 2 rings (SSSR count). The molecule has 0 radical (unpaired) electrons. The number of nitrogens with zero attached hydrogens (tertiary/aromatic N) is 1. The van der Waals surface area contributed by atoms with E-state index in [4.69, 9.17) is 23.1 Å². The second-order valence-electron chi connectivity index (χ2n) is 4.73. The van der Waals surface area contributed by atoms with Gasteiger partial charge in [0.1, 0.15) is 5.02 Å². The van der Waals surface area contributed by atoms with E-state index in [9.17, 15) is 4.39 Å². The minimum Gasteiger partial charge on any atom is -0.397 e. The summed E-state index contributed by atoms with van der Waals surface area (Å²) in [7, 11) is 0. The minimum atomic E-state index is -0.502. The first kappa shape index (κ1) is 12.3. The lowest BCUT2D eigenvalue weighted by Gasteiger charge is -2.34. The average molecular weight is 258 g/mol. The van der Waals surface area contributed by atoms with Crippen LogP contribution >= 0.6 is 11.6 Å². The highest BCUT2D eigenvalue weighted by Crippen LogP contribution is 2.37. The molecule has 1 heterocycles. The molecule has 0 bridgehead atoms. The van der Waals surface area contributed by atoms with Crippen LogP contribution in [0, 0.1) is 11.7 Å².